The number of para-hydroxylation sites is 1. The molecule has 1 aromatic carbocycles. The van der Waals surface area contributed by atoms with Gasteiger partial charge in [0.15, 0.2) is 0 Å². The van der Waals surface area contributed by atoms with Gasteiger partial charge in [0.2, 0.25) is 0 Å². The lowest BCUT2D eigenvalue weighted by Crippen LogP contribution is -1.66. The average molecular weight is 252 g/mol. The van der Waals surface area contributed by atoms with Crippen LogP contribution in [0.25, 0.3) is 0 Å². The van der Waals surface area contributed by atoms with Gasteiger partial charge in [0, 0.05) is 21.2 Å². The summed E-state index contributed by atoms with van der Waals surface area (Å²) in [6.45, 7) is 0. The molecule has 0 spiro atoms. The molecule has 1 aromatic rings. The van der Waals surface area contributed by atoms with Crippen molar-refractivity contribution in [3.05, 3.63) is 24.3 Å². The summed E-state index contributed by atoms with van der Waals surface area (Å²) in [7, 11) is 1.52. The molecular weight excluding hydrogens is 247 g/mol. The predicted octanol–water partition coefficient (Wildman–Crippen LogP) is 2.83. The first-order chi connectivity index (χ1) is 4.34. The summed E-state index contributed by atoms with van der Waals surface area (Å²) in [5, 5.41) is 9.08. The lowest BCUT2D eigenvalue weighted by atomic mass is 10.3. The first kappa shape index (κ1) is 7.21. The minimum atomic E-state index is 0.358. The molecule has 0 aliphatic heterocycles. The molecule has 0 radical (unpaired) electrons. The normalized spacial score (nSPS) is 9.44. The van der Waals surface area contributed by atoms with Gasteiger partial charge in [-0.2, -0.15) is 0 Å². The first-order valence-electron chi connectivity index (χ1n) is 2.41. The highest BCUT2D eigenvalue weighted by Crippen LogP contribution is 2.32. The van der Waals surface area contributed by atoms with E-state index in [1.807, 2.05) is 18.2 Å². The van der Waals surface area contributed by atoms with Gasteiger partial charge in [0.25, 0.3) is 0 Å². The highest BCUT2D eigenvalue weighted by molar-refractivity contribution is 14.2. The molecule has 1 nitrogen and oxygen atoms in total. The van der Waals surface area contributed by atoms with E-state index in [-0.39, 0.29) is 0 Å². The zero-order chi connectivity index (χ0) is 6.69. The van der Waals surface area contributed by atoms with Crippen molar-refractivity contribution in [2.24, 2.45) is 0 Å². The maximum absolute atomic E-state index is 9.08. The molecule has 0 aliphatic carbocycles. The Morgan fingerprint density at radius 3 is 2.44 bits per heavy atom. The molecule has 0 saturated heterocycles. The van der Waals surface area contributed by atoms with Crippen molar-refractivity contribution in [2.45, 2.75) is 4.90 Å². The first-order valence-corrected chi connectivity index (χ1v) is 5.77. The lowest BCUT2D eigenvalue weighted by molar-refractivity contribution is 0.462. The number of phenolic OH excluding ortho intramolecular Hbond substituents is 1. The number of benzene rings is 1. The Kier molecular flexibility index (Phi) is 2.65. The molecule has 0 atom stereocenters. The molecule has 48 valence electrons. The van der Waals surface area contributed by atoms with Gasteiger partial charge < -0.3 is 5.11 Å². The number of aromatic hydroxyl groups is 1. The summed E-state index contributed by atoms with van der Waals surface area (Å²) in [5.74, 6) is 0.358. The van der Waals surface area contributed by atoms with E-state index >= 15 is 0 Å². The highest BCUT2D eigenvalue weighted by atomic mass is 127. The Morgan fingerprint density at radius 2 is 2.00 bits per heavy atom. The van der Waals surface area contributed by atoms with Crippen LogP contribution in [0.3, 0.4) is 0 Å². The van der Waals surface area contributed by atoms with Gasteiger partial charge in [-0.3, -0.25) is 0 Å². The van der Waals surface area contributed by atoms with Crippen LogP contribution in [0.1, 0.15) is 0 Å². The largest absolute Gasteiger partial charge is 0.507 e. The van der Waals surface area contributed by atoms with Crippen molar-refractivity contribution in [3.63, 3.8) is 0 Å². The number of hydrogen-bond donors (Lipinski definition) is 1. The molecule has 1 N–H and O–H groups in total. The standard InChI is InChI=1S/C6H5IOS/c7-9-6-4-2-1-3-5(6)8/h1-4,8H. The molecule has 9 heavy (non-hydrogen) atoms. The van der Waals surface area contributed by atoms with E-state index in [4.69, 9.17) is 5.11 Å². The van der Waals surface area contributed by atoms with Crippen LogP contribution in [0.4, 0.5) is 0 Å². The van der Waals surface area contributed by atoms with Crippen LogP contribution in [0, 0.1) is 0 Å². The third-order valence-corrected chi connectivity index (χ3v) is 2.88. The van der Waals surface area contributed by atoms with Crippen LogP contribution in [0.5, 0.6) is 5.75 Å². The lowest BCUT2D eigenvalue weighted by Gasteiger charge is -1.95. The Hall–Kier alpha value is 0.1000. The summed E-state index contributed by atoms with van der Waals surface area (Å²) >= 11 is 2.14. The fraction of sp³-hybridized carbons (Fsp3) is 0. The molecular formula is C6H5IOS. The second-order valence-corrected chi connectivity index (χ2v) is 3.46. The van der Waals surface area contributed by atoms with Crippen molar-refractivity contribution in [3.8, 4) is 5.75 Å². The molecule has 0 unspecified atom stereocenters. The van der Waals surface area contributed by atoms with Crippen LogP contribution in [0.2, 0.25) is 0 Å². The molecule has 0 heterocycles. The number of halogens is 1. The smallest absolute Gasteiger partial charge is 0.129 e. The second-order valence-electron chi connectivity index (χ2n) is 1.54. The highest BCUT2D eigenvalue weighted by Gasteiger charge is 1.94. The van der Waals surface area contributed by atoms with E-state index in [1.54, 1.807) is 6.07 Å². The maximum atomic E-state index is 9.08. The van der Waals surface area contributed by atoms with E-state index in [0.29, 0.717) is 5.75 Å². The van der Waals surface area contributed by atoms with Crippen molar-refractivity contribution < 1.29 is 5.11 Å². The summed E-state index contributed by atoms with van der Waals surface area (Å²) in [6, 6.07) is 7.28. The summed E-state index contributed by atoms with van der Waals surface area (Å²) in [6.07, 6.45) is 0. The average Bonchev–Trinajstić information content (AvgIpc) is 1.89. The van der Waals surface area contributed by atoms with E-state index in [1.165, 1.54) is 8.93 Å². The van der Waals surface area contributed by atoms with Gasteiger partial charge in [-0.15, -0.1) is 0 Å². The van der Waals surface area contributed by atoms with Crippen molar-refractivity contribution in [2.75, 3.05) is 0 Å². The van der Waals surface area contributed by atoms with Crippen LogP contribution >= 0.6 is 30.1 Å². The van der Waals surface area contributed by atoms with Gasteiger partial charge in [0.1, 0.15) is 5.75 Å². The molecule has 0 aliphatic rings. The number of hydrogen-bond acceptors (Lipinski definition) is 2. The molecule has 0 saturated carbocycles. The van der Waals surface area contributed by atoms with Crippen molar-refractivity contribution in [1.82, 2.24) is 0 Å². The molecule has 0 aromatic heterocycles. The van der Waals surface area contributed by atoms with E-state index in [0.717, 1.165) is 4.90 Å². The van der Waals surface area contributed by atoms with Crippen LogP contribution in [-0.2, 0) is 0 Å². The summed E-state index contributed by atoms with van der Waals surface area (Å²) in [5.41, 5.74) is 0. The summed E-state index contributed by atoms with van der Waals surface area (Å²) < 4.78 is 0. The number of rotatable bonds is 1. The van der Waals surface area contributed by atoms with Gasteiger partial charge in [-0.05, 0) is 21.1 Å². The van der Waals surface area contributed by atoms with Crippen molar-refractivity contribution >= 4 is 30.1 Å². The van der Waals surface area contributed by atoms with E-state index in [9.17, 15) is 0 Å². The Balaban J connectivity index is 3.01. The Morgan fingerprint density at radius 1 is 1.33 bits per heavy atom. The minimum Gasteiger partial charge on any atom is -0.507 e. The van der Waals surface area contributed by atoms with Crippen LogP contribution in [0.15, 0.2) is 29.2 Å². The van der Waals surface area contributed by atoms with Crippen LogP contribution < -0.4 is 0 Å². The van der Waals surface area contributed by atoms with Crippen molar-refractivity contribution in [1.29, 1.82) is 0 Å². The Labute approximate surface area is 70.1 Å². The fourth-order valence-electron chi connectivity index (χ4n) is 0.522. The minimum absolute atomic E-state index is 0.358. The topological polar surface area (TPSA) is 20.2 Å². The summed E-state index contributed by atoms with van der Waals surface area (Å²) in [4.78, 5) is 0.915. The third kappa shape index (κ3) is 1.76. The maximum Gasteiger partial charge on any atom is 0.129 e. The second kappa shape index (κ2) is 3.31. The molecule has 1 rings (SSSR count). The van der Waals surface area contributed by atoms with Gasteiger partial charge >= 0.3 is 0 Å². The number of phenols is 1. The van der Waals surface area contributed by atoms with Gasteiger partial charge in [-0.1, -0.05) is 12.1 Å². The monoisotopic (exact) mass is 252 g/mol. The molecule has 3 heteroatoms. The zero-order valence-electron chi connectivity index (χ0n) is 4.54. The van der Waals surface area contributed by atoms with Crippen LogP contribution in [-0.4, -0.2) is 5.11 Å². The molecule has 0 amide bonds. The predicted molar refractivity (Wildman–Crippen MR) is 48.0 cm³/mol. The zero-order valence-corrected chi connectivity index (χ0v) is 7.52. The van der Waals surface area contributed by atoms with Gasteiger partial charge in [-0.25, -0.2) is 0 Å². The van der Waals surface area contributed by atoms with Gasteiger partial charge in [0.05, 0.1) is 4.90 Å². The fourth-order valence-corrected chi connectivity index (χ4v) is 1.92. The molecule has 0 fully saturated rings. The Bertz CT molecular complexity index is 202. The van der Waals surface area contributed by atoms with E-state index < -0.39 is 0 Å². The third-order valence-electron chi connectivity index (χ3n) is 0.948. The molecule has 0 bridgehead atoms. The van der Waals surface area contributed by atoms with E-state index in [2.05, 4.69) is 21.2 Å². The quantitative estimate of drug-likeness (QED) is 0.775. The SMILES string of the molecule is Oc1ccccc1SI.